The normalized spacial score (nSPS) is 20.5. The van der Waals surface area contributed by atoms with E-state index in [9.17, 15) is 0 Å². The molecule has 0 N–H and O–H groups in total. The van der Waals surface area contributed by atoms with Crippen molar-refractivity contribution in [3.8, 4) is 11.1 Å². The zero-order chi connectivity index (χ0) is 21.9. The van der Waals surface area contributed by atoms with Gasteiger partial charge in [-0.05, 0) is 107 Å². The SMILES string of the molecule is CCC1(CC)Cc2c(cc3c(c2Br)CCCC3)C1CC1c2ccccc2-c2ccccc21. The van der Waals surface area contributed by atoms with Crippen molar-refractivity contribution in [2.45, 2.75) is 77.0 Å². The molecule has 0 heterocycles. The van der Waals surface area contributed by atoms with Crippen LogP contribution in [0.15, 0.2) is 59.1 Å². The highest BCUT2D eigenvalue weighted by Crippen LogP contribution is 2.59. The zero-order valence-corrected chi connectivity index (χ0v) is 21.0. The van der Waals surface area contributed by atoms with Crippen LogP contribution in [0.4, 0.5) is 0 Å². The highest BCUT2D eigenvalue weighted by Gasteiger charge is 2.47. The van der Waals surface area contributed by atoms with E-state index in [1.807, 2.05) is 0 Å². The number of hydrogen-bond acceptors (Lipinski definition) is 0. The average Bonchev–Trinajstić information content (AvgIpc) is 3.33. The lowest BCUT2D eigenvalue weighted by atomic mass is 9.68. The van der Waals surface area contributed by atoms with Gasteiger partial charge in [0.15, 0.2) is 0 Å². The molecule has 1 unspecified atom stereocenters. The van der Waals surface area contributed by atoms with Gasteiger partial charge in [-0.3, -0.25) is 0 Å². The van der Waals surface area contributed by atoms with Crippen LogP contribution < -0.4 is 0 Å². The molecule has 3 aliphatic carbocycles. The molecule has 0 bridgehead atoms. The lowest BCUT2D eigenvalue weighted by molar-refractivity contribution is 0.209. The molecule has 0 fully saturated rings. The molecular weight excluding hydrogens is 452 g/mol. The van der Waals surface area contributed by atoms with Gasteiger partial charge in [0.25, 0.3) is 0 Å². The predicted octanol–water partition coefficient (Wildman–Crippen LogP) is 8.98. The van der Waals surface area contributed by atoms with E-state index in [2.05, 4.69) is 84.4 Å². The smallest absolute Gasteiger partial charge is 0.0245 e. The topological polar surface area (TPSA) is 0 Å². The molecule has 0 amide bonds. The maximum atomic E-state index is 4.12. The maximum Gasteiger partial charge on any atom is 0.0245 e. The lowest BCUT2D eigenvalue weighted by Gasteiger charge is -2.36. The molecule has 0 saturated heterocycles. The average molecular weight is 486 g/mol. The number of aryl methyl sites for hydroxylation is 1. The second-order valence-electron chi connectivity index (χ2n) is 10.4. The van der Waals surface area contributed by atoms with Crippen LogP contribution in [0.25, 0.3) is 11.1 Å². The third kappa shape index (κ3) is 2.93. The second kappa shape index (κ2) is 7.87. The molecule has 0 saturated carbocycles. The molecule has 32 heavy (non-hydrogen) atoms. The van der Waals surface area contributed by atoms with E-state index < -0.39 is 0 Å². The van der Waals surface area contributed by atoms with E-state index >= 15 is 0 Å². The van der Waals surface area contributed by atoms with Gasteiger partial charge in [0.05, 0.1) is 0 Å². The molecule has 0 spiro atoms. The first-order valence-corrected chi connectivity index (χ1v) is 13.5. The third-order valence-electron chi connectivity index (χ3n) is 9.20. The molecule has 0 aromatic heterocycles. The van der Waals surface area contributed by atoms with Gasteiger partial charge in [0, 0.05) is 10.4 Å². The fraction of sp³-hybridized carbons (Fsp3) is 0.419. The number of halogens is 1. The molecule has 1 heteroatoms. The molecule has 3 aliphatic rings. The van der Waals surface area contributed by atoms with Gasteiger partial charge in [-0.2, -0.15) is 0 Å². The largest absolute Gasteiger partial charge is 0.0648 e. The Kier molecular flexibility index (Phi) is 5.10. The van der Waals surface area contributed by atoms with Gasteiger partial charge >= 0.3 is 0 Å². The van der Waals surface area contributed by atoms with Gasteiger partial charge in [-0.15, -0.1) is 0 Å². The van der Waals surface area contributed by atoms with Crippen molar-refractivity contribution in [1.29, 1.82) is 0 Å². The van der Waals surface area contributed by atoms with Crippen LogP contribution in [0, 0.1) is 5.41 Å². The van der Waals surface area contributed by atoms with Crippen LogP contribution in [-0.4, -0.2) is 0 Å². The van der Waals surface area contributed by atoms with Crippen LogP contribution in [0.1, 0.15) is 91.2 Å². The van der Waals surface area contributed by atoms with Gasteiger partial charge in [-0.25, -0.2) is 0 Å². The lowest BCUT2D eigenvalue weighted by Crippen LogP contribution is -2.26. The Bertz CT molecular complexity index is 1140. The standard InChI is InChI=1S/C31H33Br/c1-3-31(4-2)19-28-27(17-20-11-5-6-12-21(20)30(28)32)29(31)18-26-24-15-9-7-13-22(24)23-14-8-10-16-25(23)26/h7-10,13-17,26,29H,3-6,11-12,18-19H2,1-2H3. The monoisotopic (exact) mass is 484 g/mol. The summed E-state index contributed by atoms with van der Waals surface area (Å²) in [6.07, 6.45) is 10.2. The number of fused-ring (bicyclic) bond motifs is 5. The maximum absolute atomic E-state index is 4.12. The summed E-state index contributed by atoms with van der Waals surface area (Å²) in [5.41, 5.74) is 12.9. The van der Waals surface area contributed by atoms with E-state index in [1.165, 1.54) is 67.0 Å². The van der Waals surface area contributed by atoms with Crippen molar-refractivity contribution in [1.82, 2.24) is 0 Å². The quantitative estimate of drug-likeness (QED) is 0.346. The molecule has 0 nitrogen and oxygen atoms in total. The highest BCUT2D eigenvalue weighted by molar-refractivity contribution is 9.10. The van der Waals surface area contributed by atoms with Crippen molar-refractivity contribution in [2.24, 2.45) is 5.41 Å². The Morgan fingerprint density at radius 2 is 1.44 bits per heavy atom. The highest BCUT2D eigenvalue weighted by atomic mass is 79.9. The number of benzene rings is 3. The minimum atomic E-state index is 0.376. The summed E-state index contributed by atoms with van der Waals surface area (Å²) < 4.78 is 1.46. The predicted molar refractivity (Wildman–Crippen MR) is 139 cm³/mol. The first kappa shape index (κ1) is 20.7. The third-order valence-corrected chi connectivity index (χ3v) is 10.2. The van der Waals surface area contributed by atoms with Gasteiger partial charge in [0.1, 0.15) is 0 Å². The zero-order valence-electron chi connectivity index (χ0n) is 19.4. The summed E-state index contributed by atoms with van der Waals surface area (Å²) in [6.45, 7) is 4.87. The number of rotatable bonds is 4. The van der Waals surface area contributed by atoms with Crippen molar-refractivity contribution < 1.29 is 0 Å². The van der Waals surface area contributed by atoms with E-state index in [4.69, 9.17) is 0 Å². The van der Waals surface area contributed by atoms with Crippen LogP contribution in [0.5, 0.6) is 0 Å². The van der Waals surface area contributed by atoms with Gasteiger partial charge < -0.3 is 0 Å². The van der Waals surface area contributed by atoms with Gasteiger partial charge in [0.2, 0.25) is 0 Å². The summed E-state index contributed by atoms with van der Waals surface area (Å²) in [4.78, 5) is 0. The van der Waals surface area contributed by atoms with Crippen molar-refractivity contribution in [2.75, 3.05) is 0 Å². The minimum Gasteiger partial charge on any atom is -0.0648 e. The van der Waals surface area contributed by atoms with Crippen LogP contribution in [0.3, 0.4) is 0 Å². The molecule has 0 radical (unpaired) electrons. The van der Waals surface area contributed by atoms with E-state index in [1.54, 1.807) is 33.4 Å². The molecule has 3 aromatic rings. The second-order valence-corrected chi connectivity index (χ2v) is 11.2. The fourth-order valence-electron chi connectivity index (χ4n) is 7.34. The van der Waals surface area contributed by atoms with Crippen LogP contribution >= 0.6 is 15.9 Å². The van der Waals surface area contributed by atoms with Crippen molar-refractivity contribution in [3.05, 3.63) is 92.5 Å². The van der Waals surface area contributed by atoms with Crippen LogP contribution in [-0.2, 0) is 19.3 Å². The fourth-order valence-corrected chi connectivity index (χ4v) is 8.16. The Labute approximate surface area is 201 Å². The summed E-state index contributed by atoms with van der Waals surface area (Å²) in [6, 6.07) is 21.0. The molecule has 0 aliphatic heterocycles. The summed E-state index contributed by atoms with van der Waals surface area (Å²) in [5, 5.41) is 0. The molecule has 6 rings (SSSR count). The molecular formula is C31H33Br. The van der Waals surface area contributed by atoms with Gasteiger partial charge in [-0.1, -0.05) is 84.4 Å². The summed E-state index contributed by atoms with van der Waals surface area (Å²) in [5.74, 6) is 1.13. The first-order chi connectivity index (χ1) is 15.7. The van der Waals surface area contributed by atoms with Crippen molar-refractivity contribution in [3.63, 3.8) is 0 Å². The van der Waals surface area contributed by atoms with Crippen molar-refractivity contribution >= 4 is 15.9 Å². The Hall–Kier alpha value is -1.86. The van der Waals surface area contributed by atoms with E-state index in [-0.39, 0.29) is 0 Å². The number of hydrogen-bond donors (Lipinski definition) is 0. The molecule has 164 valence electrons. The first-order valence-electron chi connectivity index (χ1n) is 12.7. The molecule has 1 atom stereocenters. The molecule has 3 aromatic carbocycles. The Balaban J connectivity index is 1.49. The Morgan fingerprint density at radius 1 is 0.812 bits per heavy atom. The summed E-state index contributed by atoms with van der Waals surface area (Å²) in [7, 11) is 0. The summed E-state index contributed by atoms with van der Waals surface area (Å²) >= 11 is 4.12. The van der Waals surface area contributed by atoms with E-state index in [0.717, 1.165) is 0 Å². The minimum absolute atomic E-state index is 0.376. The van der Waals surface area contributed by atoms with E-state index in [0.29, 0.717) is 17.3 Å². The van der Waals surface area contributed by atoms with Crippen LogP contribution in [0.2, 0.25) is 0 Å². The Morgan fingerprint density at radius 3 is 2.09 bits per heavy atom.